The van der Waals surface area contributed by atoms with Gasteiger partial charge in [-0.2, -0.15) is 4.31 Å². The summed E-state index contributed by atoms with van der Waals surface area (Å²) in [5.74, 6) is -0.416. The Kier molecular flexibility index (Phi) is 8.22. The fraction of sp³-hybridized carbons (Fsp3) is 0.619. The van der Waals surface area contributed by atoms with Gasteiger partial charge in [0.05, 0.1) is 10.8 Å². The molecule has 1 heterocycles. The minimum Gasteiger partial charge on any atom is -0.342 e. The van der Waals surface area contributed by atoms with E-state index in [2.05, 4.69) is 0 Å². The maximum atomic E-state index is 12.8. The molecule has 0 bridgehead atoms. The van der Waals surface area contributed by atoms with E-state index in [0.29, 0.717) is 38.4 Å². The van der Waals surface area contributed by atoms with Crippen molar-refractivity contribution in [3.05, 3.63) is 24.3 Å². The molecule has 1 aromatic carbocycles. The van der Waals surface area contributed by atoms with Crippen LogP contribution in [0.4, 0.5) is 5.69 Å². The number of sulfonamides is 1. The third kappa shape index (κ3) is 5.17. The van der Waals surface area contributed by atoms with Gasteiger partial charge in [-0.3, -0.25) is 9.59 Å². The molecule has 0 saturated carbocycles. The molecule has 2 amide bonds. The Labute approximate surface area is 174 Å². The number of amides is 2. The number of carbonyl (C=O) groups excluding carboxylic acids is 2. The third-order valence-electron chi connectivity index (χ3n) is 5.26. The SMILES string of the molecule is CCCN(CCC)C(=O)C1CC(=O)N(c2ccc(S(=O)(=O)N(CC)CC)cc2)C1. The Morgan fingerprint density at radius 1 is 1.03 bits per heavy atom. The minimum atomic E-state index is -3.53. The molecule has 1 saturated heterocycles. The molecular weight excluding hydrogens is 390 g/mol. The van der Waals surface area contributed by atoms with Crippen molar-refractivity contribution in [2.45, 2.75) is 51.9 Å². The number of anilines is 1. The standard InChI is InChI=1S/C21H33N3O4S/c1-5-13-22(14-6-2)21(26)17-15-20(25)24(16-17)18-9-11-19(12-10-18)29(27,28)23(7-3)8-4/h9-12,17H,5-8,13-16H2,1-4H3. The van der Waals surface area contributed by atoms with Crippen LogP contribution in [0.1, 0.15) is 47.0 Å². The number of nitrogens with zero attached hydrogens (tertiary/aromatic N) is 3. The Bertz CT molecular complexity index is 798. The number of rotatable bonds is 10. The van der Waals surface area contributed by atoms with Crippen molar-refractivity contribution >= 4 is 27.5 Å². The van der Waals surface area contributed by atoms with Crippen LogP contribution in [0, 0.1) is 5.92 Å². The van der Waals surface area contributed by atoms with Gasteiger partial charge < -0.3 is 9.80 Å². The largest absolute Gasteiger partial charge is 0.342 e. The van der Waals surface area contributed by atoms with Crippen LogP contribution in [0.25, 0.3) is 0 Å². The summed E-state index contributed by atoms with van der Waals surface area (Å²) >= 11 is 0. The van der Waals surface area contributed by atoms with Gasteiger partial charge in [0.2, 0.25) is 21.8 Å². The average Bonchev–Trinajstić information content (AvgIpc) is 3.09. The first-order valence-corrected chi connectivity index (χ1v) is 11.9. The van der Waals surface area contributed by atoms with Crippen molar-refractivity contribution in [3.63, 3.8) is 0 Å². The maximum absolute atomic E-state index is 12.8. The summed E-state index contributed by atoms with van der Waals surface area (Å²) in [5.41, 5.74) is 0.626. The molecule has 1 aliphatic heterocycles. The van der Waals surface area contributed by atoms with Gasteiger partial charge in [-0.05, 0) is 37.1 Å². The first kappa shape index (κ1) is 23.3. The lowest BCUT2D eigenvalue weighted by Crippen LogP contribution is -2.38. The van der Waals surface area contributed by atoms with Crippen LogP contribution in [0.3, 0.4) is 0 Å². The average molecular weight is 424 g/mol. The lowest BCUT2D eigenvalue weighted by atomic mass is 10.1. The maximum Gasteiger partial charge on any atom is 0.243 e. The topological polar surface area (TPSA) is 78.0 Å². The summed E-state index contributed by atoms with van der Waals surface area (Å²) in [6.45, 7) is 10.2. The van der Waals surface area contributed by atoms with Crippen LogP contribution in [0.2, 0.25) is 0 Å². The van der Waals surface area contributed by atoms with Gasteiger partial charge >= 0.3 is 0 Å². The summed E-state index contributed by atoms with van der Waals surface area (Å²) < 4.78 is 26.6. The third-order valence-corrected chi connectivity index (χ3v) is 7.33. The number of hydrogen-bond donors (Lipinski definition) is 0. The second-order valence-electron chi connectivity index (χ2n) is 7.31. The Balaban J connectivity index is 2.15. The fourth-order valence-corrected chi connectivity index (χ4v) is 5.22. The van der Waals surface area contributed by atoms with E-state index in [0.717, 1.165) is 12.8 Å². The Morgan fingerprint density at radius 3 is 2.07 bits per heavy atom. The molecule has 1 atom stereocenters. The molecule has 162 valence electrons. The fourth-order valence-electron chi connectivity index (χ4n) is 3.76. The molecule has 1 fully saturated rings. The van der Waals surface area contributed by atoms with Gasteiger partial charge in [-0.15, -0.1) is 0 Å². The molecule has 8 heteroatoms. The molecule has 1 aromatic rings. The lowest BCUT2D eigenvalue weighted by molar-refractivity contribution is -0.135. The lowest BCUT2D eigenvalue weighted by Gasteiger charge is -2.25. The van der Waals surface area contributed by atoms with Crippen molar-refractivity contribution in [2.24, 2.45) is 5.92 Å². The van der Waals surface area contributed by atoms with E-state index in [-0.39, 0.29) is 29.0 Å². The monoisotopic (exact) mass is 423 g/mol. The predicted molar refractivity (Wildman–Crippen MR) is 114 cm³/mol. The molecule has 1 unspecified atom stereocenters. The highest BCUT2D eigenvalue weighted by Gasteiger charge is 2.37. The summed E-state index contributed by atoms with van der Waals surface area (Å²) in [6, 6.07) is 6.37. The van der Waals surface area contributed by atoms with Crippen LogP contribution in [0.5, 0.6) is 0 Å². The quantitative estimate of drug-likeness (QED) is 0.580. The van der Waals surface area contributed by atoms with E-state index in [9.17, 15) is 18.0 Å². The smallest absolute Gasteiger partial charge is 0.243 e. The van der Waals surface area contributed by atoms with Gasteiger partial charge in [0.25, 0.3) is 0 Å². The van der Waals surface area contributed by atoms with E-state index in [1.807, 2.05) is 18.7 Å². The summed E-state index contributed by atoms with van der Waals surface area (Å²) in [5, 5.41) is 0. The summed E-state index contributed by atoms with van der Waals surface area (Å²) in [6.07, 6.45) is 1.97. The van der Waals surface area contributed by atoms with E-state index < -0.39 is 10.0 Å². The van der Waals surface area contributed by atoms with Crippen molar-refractivity contribution in [3.8, 4) is 0 Å². The van der Waals surface area contributed by atoms with Crippen LogP contribution in [-0.2, 0) is 19.6 Å². The number of benzene rings is 1. The molecular formula is C21H33N3O4S. The van der Waals surface area contributed by atoms with Crippen molar-refractivity contribution in [1.82, 2.24) is 9.21 Å². The Hall–Kier alpha value is -1.93. The zero-order chi connectivity index (χ0) is 21.6. The van der Waals surface area contributed by atoms with Crippen molar-refractivity contribution < 1.29 is 18.0 Å². The van der Waals surface area contributed by atoms with E-state index in [1.54, 1.807) is 30.9 Å². The first-order valence-electron chi connectivity index (χ1n) is 10.5. The molecule has 7 nitrogen and oxygen atoms in total. The molecule has 0 N–H and O–H groups in total. The summed E-state index contributed by atoms with van der Waals surface area (Å²) in [4.78, 5) is 29.0. The Morgan fingerprint density at radius 2 is 1.59 bits per heavy atom. The second-order valence-corrected chi connectivity index (χ2v) is 9.25. The van der Waals surface area contributed by atoms with Gasteiger partial charge in [0, 0.05) is 44.8 Å². The number of hydrogen-bond acceptors (Lipinski definition) is 4. The predicted octanol–water partition coefficient (Wildman–Crippen LogP) is 2.72. The van der Waals surface area contributed by atoms with E-state index >= 15 is 0 Å². The van der Waals surface area contributed by atoms with Crippen LogP contribution in [-0.4, -0.2) is 62.2 Å². The zero-order valence-corrected chi connectivity index (χ0v) is 18.7. The first-order chi connectivity index (χ1) is 13.8. The molecule has 0 spiro atoms. The van der Waals surface area contributed by atoms with Gasteiger partial charge in [0.15, 0.2) is 0 Å². The van der Waals surface area contributed by atoms with Gasteiger partial charge in [-0.1, -0.05) is 27.7 Å². The summed E-state index contributed by atoms with van der Waals surface area (Å²) in [7, 11) is -3.53. The molecule has 2 rings (SSSR count). The van der Waals surface area contributed by atoms with Crippen LogP contribution < -0.4 is 4.90 Å². The van der Waals surface area contributed by atoms with Crippen LogP contribution >= 0.6 is 0 Å². The molecule has 0 aromatic heterocycles. The van der Waals surface area contributed by atoms with Crippen molar-refractivity contribution in [2.75, 3.05) is 37.6 Å². The normalized spacial score (nSPS) is 17.2. The molecule has 0 radical (unpaired) electrons. The highest BCUT2D eigenvalue weighted by molar-refractivity contribution is 7.89. The second kappa shape index (κ2) is 10.2. The van der Waals surface area contributed by atoms with E-state index in [4.69, 9.17) is 0 Å². The number of carbonyl (C=O) groups is 2. The minimum absolute atomic E-state index is 0.0327. The zero-order valence-electron chi connectivity index (χ0n) is 17.9. The van der Waals surface area contributed by atoms with Crippen LogP contribution in [0.15, 0.2) is 29.2 Å². The van der Waals surface area contributed by atoms with E-state index in [1.165, 1.54) is 16.4 Å². The van der Waals surface area contributed by atoms with Crippen molar-refractivity contribution in [1.29, 1.82) is 0 Å². The molecule has 29 heavy (non-hydrogen) atoms. The molecule has 0 aliphatic carbocycles. The highest BCUT2D eigenvalue weighted by atomic mass is 32.2. The molecule has 1 aliphatic rings. The van der Waals surface area contributed by atoms with Gasteiger partial charge in [-0.25, -0.2) is 8.42 Å². The highest BCUT2D eigenvalue weighted by Crippen LogP contribution is 2.28. The van der Waals surface area contributed by atoms with Gasteiger partial charge in [0.1, 0.15) is 0 Å².